The molecule has 2 aliphatic carbocycles. The van der Waals surface area contributed by atoms with Gasteiger partial charge < -0.3 is 24.8 Å². The van der Waals surface area contributed by atoms with Crippen molar-refractivity contribution in [1.82, 2.24) is 0 Å². The maximum Gasteiger partial charge on any atom is -1.00 e. The molecular formula is C33H46Cl2SiZr-2. The minimum atomic E-state index is -1.02. The molecule has 0 aliphatic heterocycles. The van der Waals surface area contributed by atoms with Crippen molar-refractivity contribution < 1.29 is 49.0 Å². The molecule has 0 N–H and O–H groups in total. The third-order valence-corrected chi connectivity index (χ3v) is 8.37. The Balaban J connectivity index is 0.000000684. The van der Waals surface area contributed by atoms with Crippen molar-refractivity contribution in [2.24, 2.45) is 5.92 Å². The number of benzene rings is 2. The summed E-state index contributed by atoms with van der Waals surface area (Å²) >= 11 is 1.55. The molecule has 0 nitrogen and oxygen atoms in total. The van der Waals surface area contributed by atoms with Crippen molar-refractivity contribution in [3.8, 4) is 11.1 Å². The second kappa shape index (κ2) is 14.2. The van der Waals surface area contributed by atoms with Crippen molar-refractivity contribution in [3.63, 3.8) is 0 Å². The van der Waals surface area contributed by atoms with Crippen LogP contribution in [0.15, 0.2) is 47.7 Å². The van der Waals surface area contributed by atoms with Gasteiger partial charge in [-0.05, 0) is 25.5 Å². The van der Waals surface area contributed by atoms with Gasteiger partial charge in [0.2, 0.25) is 0 Å². The first kappa shape index (κ1) is 36.5. The normalized spacial score (nSPS) is 15.5. The number of allylic oxidation sites excluding steroid dienone is 4. The zero-order valence-corrected chi connectivity index (χ0v) is 30.1. The molecule has 0 heterocycles. The summed E-state index contributed by atoms with van der Waals surface area (Å²) in [6, 6.07) is 15.1. The zero-order valence-electron chi connectivity index (χ0n) is 25.1. The molecule has 37 heavy (non-hydrogen) atoms. The van der Waals surface area contributed by atoms with E-state index in [1.165, 1.54) is 36.6 Å². The van der Waals surface area contributed by atoms with Crippen LogP contribution < -0.4 is 24.8 Å². The van der Waals surface area contributed by atoms with Crippen molar-refractivity contribution in [3.05, 3.63) is 82.1 Å². The van der Waals surface area contributed by atoms with E-state index in [9.17, 15) is 0 Å². The average Bonchev–Trinajstić information content (AvgIpc) is 3.29. The Morgan fingerprint density at radius 3 is 1.81 bits per heavy atom. The van der Waals surface area contributed by atoms with Gasteiger partial charge in [0.1, 0.15) is 0 Å². The molecule has 0 spiro atoms. The van der Waals surface area contributed by atoms with Crippen molar-refractivity contribution in [2.45, 2.75) is 99.2 Å². The van der Waals surface area contributed by atoms with E-state index in [0.717, 1.165) is 6.42 Å². The molecule has 0 amide bonds. The van der Waals surface area contributed by atoms with Gasteiger partial charge >= 0.3 is 41.3 Å². The SMILES string of the molecule is CC(C)(C)c1c[c-]c2c(c1)-c1cc(C(C)(C)C)ccc1C2.CC1[C-]=CC([Si](C)(C)C)=C1.C[C](C)=[Zr+2].[Cl-].[Cl-]. The van der Waals surface area contributed by atoms with Crippen LogP contribution >= 0.6 is 0 Å². The molecule has 2 aromatic carbocycles. The fourth-order valence-corrected chi connectivity index (χ4v) is 5.30. The molecular weight excluding hydrogens is 587 g/mol. The predicted molar refractivity (Wildman–Crippen MR) is 156 cm³/mol. The van der Waals surface area contributed by atoms with Crippen LogP contribution in [0.5, 0.6) is 0 Å². The number of rotatable bonds is 1. The van der Waals surface area contributed by atoms with Crippen molar-refractivity contribution >= 4 is 11.3 Å². The molecule has 0 fully saturated rings. The van der Waals surface area contributed by atoms with E-state index >= 15 is 0 Å². The minimum absolute atomic E-state index is 0. The Kier molecular flexibility index (Phi) is 14.0. The minimum Gasteiger partial charge on any atom is -1.00 e. The number of halogens is 2. The van der Waals surface area contributed by atoms with Crippen molar-refractivity contribution in [1.29, 1.82) is 0 Å². The Hall–Kier alpha value is -0.530. The molecule has 0 aromatic heterocycles. The fraction of sp³-hybridized carbons (Fsp3) is 0.485. The van der Waals surface area contributed by atoms with Crippen LogP contribution in [0.3, 0.4) is 0 Å². The molecule has 2 aromatic rings. The van der Waals surface area contributed by atoms with Crippen molar-refractivity contribution in [2.75, 3.05) is 0 Å². The largest absolute Gasteiger partial charge is 1.00 e. The molecule has 0 bridgehead atoms. The van der Waals surface area contributed by atoms with E-state index < -0.39 is 8.07 Å². The van der Waals surface area contributed by atoms with E-state index in [1.807, 2.05) is 0 Å². The summed E-state index contributed by atoms with van der Waals surface area (Å²) in [5, 5.41) is 1.56. The third-order valence-electron chi connectivity index (χ3n) is 6.32. The summed E-state index contributed by atoms with van der Waals surface area (Å²) in [4.78, 5) is 0. The maximum atomic E-state index is 3.53. The molecule has 4 heteroatoms. The Labute approximate surface area is 257 Å². The van der Waals surface area contributed by atoms with Gasteiger partial charge in [0.05, 0.1) is 0 Å². The summed E-state index contributed by atoms with van der Waals surface area (Å²) in [5.41, 5.74) is 8.76. The summed E-state index contributed by atoms with van der Waals surface area (Å²) < 4.78 is 1.51. The van der Waals surface area contributed by atoms with Gasteiger partial charge in [-0.15, -0.1) is 5.56 Å². The van der Waals surface area contributed by atoms with E-state index in [-0.39, 0.29) is 35.6 Å². The summed E-state index contributed by atoms with van der Waals surface area (Å²) in [6.45, 7) is 27.2. The maximum absolute atomic E-state index is 3.53. The topological polar surface area (TPSA) is 0 Å². The van der Waals surface area contributed by atoms with Gasteiger partial charge in [-0.2, -0.15) is 35.4 Å². The van der Waals surface area contributed by atoms with E-state index in [0.29, 0.717) is 5.92 Å². The Morgan fingerprint density at radius 1 is 0.892 bits per heavy atom. The van der Waals surface area contributed by atoms with Crippen LogP contribution in [0, 0.1) is 18.1 Å². The van der Waals surface area contributed by atoms with Gasteiger partial charge in [0, 0.05) is 0 Å². The van der Waals surface area contributed by atoms with Crippen LogP contribution in [0.2, 0.25) is 19.6 Å². The predicted octanol–water partition coefficient (Wildman–Crippen LogP) is 3.21. The molecule has 202 valence electrons. The molecule has 2 aliphatic rings. The average molecular weight is 633 g/mol. The first-order valence-electron chi connectivity index (χ1n) is 12.9. The third kappa shape index (κ3) is 10.9. The van der Waals surface area contributed by atoms with E-state index in [4.69, 9.17) is 0 Å². The van der Waals surface area contributed by atoms with Gasteiger partial charge in [0.25, 0.3) is 0 Å². The van der Waals surface area contributed by atoms with Gasteiger partial charge in [-0.1, -0.05) is 109 Å². The van der Waals surface area contributed by atoms with Gasteiger partial charge in [-0.25, -0.2) is 11.3 Å². The molecule has 0 saturated heterocycles. The second-order valence-corrected chi connectivity index (χ2v) is 20.8. The number of hydrogen-bond acceptors (Lipinski definition) is 0. The first-order valence-corrected chi connectivity index (χ1v) is 17.6. The smallest absolute Gasteiger partial charge is 1.00 e. The molecule has 4 rings (SSSR count). The first-order chi connectivity index (χ1) is 15.9. The molecule has 0 radical (unpaired) electrons. The summed E-state index contributed by atoms with van der Waals surface area (Å²) in [5.74, 6) is 0.557. The molecule has 1 atom stereocenters. The van der Waals surface area contributed by atoms with Crippen LogP contribution in [0.4, 0.5) is 0 Å². The van der Waals surface area contributed by atoms with Gasteiger partial charge in [0.15, 0.2) is 0 Å². The van der Waals surface area contributed by atoms with Gasteiger partial charge in [-0.3, -0.25) is 6.08 Å². The standard InChI is InChI=1S/C21H25.C9H15Si.C3H6.2ClH.Zr/c1-20(2,3)16-9-7-14-11-15-8-10-17(21(4,5)6)13-19(15)18(14)12-16;1-8-5-6-9(7-8)10(2,3)4;1-3-2;;;/h7,9-10,12-13H,11H2,1-6H3;6-8H,1-4H3;1-2H3;2*1H;/q2*-1;;;;+2/p-2. The summed E-state index contributed by atoms with van der Waals surface area (Å²) in [6.07, 6.45) is 8.84. The monoisotopic (exact) mass is 630 g/mol. The van der Waals surface area contributed by atoms with E-state index in [2.05, 4.69) is 137 Å². The number of hydrogen-bond donors (Lipinski definition) is 0. The van der Waals surface area contributed by atoms with Crippen LogP contribution in [0.25, 0.3) is 11.1 Å². The fourth-order valence-electron chi connectivity index (χ4n) is 4.04. The Morgan fingerprint density at radius 2 is 1.41 bits per heavy atom. The second-order valence-electron chi connectivity index (χ2n) is 13.3. The Bertz CT molecular complexity index is 1060. The zero-order chi connectivity index (χ0) is 26.8. The number of fused-ring (bicyclic) bond motifs is 3. The quantitative estimate of drug-likeness (QED) is 0.286. The molecule has 0 saturated carbocycles. The molecule has 1 unspecified atom stereocenters. The van der Waals surface area contributed by atoms with Crippen LogP contribution in [-0.4, -0.2) is 11.3 Å². The summed E-state index contributed by atoms with van der Waals surface area (Å²) in [7, 11) is -1.02. The van der Waals surface area contributed by atoms with Crippen LogP contribution in [-0.2, 0) is 41.5 Å². The van der Waals surface area contributed by atoms with E-state index in [1.54, 1.807) is 29.4 Å². The van der Waals surface area contributed by atoms with Crippen LogP contribution in [0.1, 0.15) is 84.6 Å².